The number of Topliss-reactive ketones (excluding diaryl/α,β-unsaturated/α-hetero) is 1. The lowest BCUT2D eigenvalue weighted by Crippen LogP contribution is -2.42. The summed E-state index contributed by atoms with van der Waals surface area (Å²) in [5.41, 5.74) is 1.51. The summed E-state index contributed by atoms with van der Waals surface area (Å²) < 4.78 is 6.99. The summed E-state index contributed by atoms with van der Waals surface area (Å²) in [6.45, 7) is 4.03. The first-order valence-corrected chi connectivity index (χ1v) is 5.51. The van der Waals surface area contributed by atoms with E-state index in [1.807, 2.05) is 14.0 Å². The van der Waals surface area contributed by atoms with Gasteiger partial charge in [0.05, 0.1) is 24.5 Å². The second-order valence-electron chi connectivity index (χ2n) is 4.16. The van der Waals surface area contributed by atoms with Crippen LogP contribution in [-0.2, 0) is 11.8 Å². The predicted octanol–water partition coefficient (Wildman–Crippen LogP) is 0.290. The summed E-state index contributed by atoms with van der Waals surface area (Å²) in [7, 11) is 1.83. The van der Waals surface area contributed by atoms with Crippen LogP contribution in [0.2, 0.25) is 0 Å². The lowest BCUT2D eigenvalue weighted by atomic mass is 10.0. The van der Waals surface area contributed by atoms with Crippen molar-refractivity contribution >= 4 is 5.78 Å². The normalized spacial score (nSPS) is 21.0. The molecular weight excluding hydrogens is 206 g/mol. The van der Waals surface area contributed by atoms with E-state index in [-0.39, 0.29) is 11.8 Å². The number of aromatic nitrogens is 2. The van der Waals surface area contributed by atoms with Crippen molar-refractivity contribution in [3.63, 3.8) is 0 Å². The van der Waals surface area contributed by atoms with Crippen LogP contribution in [-0.4, -0.2) is 41.4 Å². The molecule has 0 bridgehead atoms. The Kier molecular flexibility index (Phi) is 3.36. The summed E-state index contributed by atoms with van der Waals surface area (Å²) in [6, 6.07) is 0.140. The van der Waals surface area contributed by atoms with Crippen LogP contribution in [0.4, 0.5) is 0 Å². The molecule has 0 amide bonds. The van der Waals surface area contributed by atoms with Gasteiger partial charge in [-0.2, -0.15) is 5.10 Å². The van der Waals surface area contributed by atoms with Gasteiger partial charge in [0.25, 0.3) is 0 Å². The average Bonchev–Trinajstić information content (AvgIpc) is 2.59. The number of morpholine rings is 1. The zero-order valence-corrected chi connectivity index (χ0v) is 9.69. The molecule has 1 aliphatic heterocycles. The van der Waals surface area contributed by atoms with E-state index < -0.39 is 0 Å². The molecule has 0 aliphatic carbocycles. The van der Waals surface area contributed by atoms with E-state index >= 15 is 0 Å². The topological polar surface area (TPSA) is 56.2 Å². The summed E-state index contributed by atoms with van der Waals surface area (Å²) in [6.07, 6.45) is 2.26. The van der Waals surface area contributed by atoms with Crippen molar-refractivity contribution in [2.75, 3.05) is 19.8 Å². The maximum absolute atomic E-state index is 12.0. The number of carbonyl (C=O) groups excluding carboxylic acids is 1. The van der Waals surface area contributed by atoms with Gasteiger partial charge in [0.2, 0.25) is 0 Å². The standard InChI is InChI=1S/C11H17N3O2/c1-8-10(6-14(2)13-8)11(15)5-9-7-16-4-3-12-9/h6,9,12H,3-5,7H2,1-2H3. The molecule has 1 unspecified atom stereocenters. The van der Waals surface area contributed by atoms with E-state index in [0.29, 0.717) is 13.0 Å². The van der Waals surface area contributed by atoms with Crippen LogP contribution in [0.3, 0.4) is 0 Å². The van der Waals surface area contributed by atoms with Crippen LogP contribution < -0.4 is 5.32 Å². The first kappa shape index (κ1) is 11.3. The van der Waals surface area contributed by atoms with Crippen LogP contribution in [0, 0.1) is 6.92 Å². The molecule has 1 aromatic heterocycles. The van der Waals surface area contributed by atoms with Gasteiger partial charge in [-0.15, -0.1) is 0 Å². The lowest BCUT2D eigenvalue weighted by molar-refractivity contribution is 0.0676. The number of rotatable bonds is 3. The van der Waals surface area contributed by atoms with Gasteiger partial charge in [0.15, 0.2) is 5.78 Å². The van der Waals surface area contributed by atoms with Gasteiger partial charge in [0, 0.05) is 32.3 Å². The number of nitrogens with zero attached hydrogens (tertiary/aromatic N) is 2. The van der Waals surface area contributed by atoms with Crippen molar-refractivity contribution in [1.82, 2.24) is 15.1 Å². The van der Waals surface area contributed by atoms with Crippen molar-refractivity contribution in [2.45, 2.75) is 19.4 Å². The van der Waals surface area contributed by atoms with E-state index in [1.165, 1.54) is 0 Å². The number of hydrogen-bond donors (Lipinski definition) is 1. The summed E-state index contributed by atoms with van der Waals surface area (Å²) in [5, 5.41) is 7.44. The quantitative estimate of drug-likeness (QED) is 0.748. The second-order valence-corrected chi connectivity index (χ2v) is 4.16. The minimum Gasteiger partial charge on any atom is -0.378 e. The Bertz CT molecular complexity index is 381. The van der Waals surface area contributed by atoms with Gasteiger partial charge in [0.1, 0.15) is 0 Å². The Morgan fingerprint density at radius 1 is 1.75 bits per heavy atom. The van der Waals surface area contributed by atoms with Crippen LogP contribution in [0.25, 0.3) is 0 Å². The molecule has 1 aromatic rings. The average molecular weight is 223 g/mol. The first-order chi connectivity index (χ1) is 7.66. The predicted molar refractivity (Wildman–Crippen MR) is 59.5 cm³/mol. The Hall–Kier alpha value is -1.20. The molecule has 16 heavy (non-hydrogen) atoms. The summed E-state index contributed by atoms with van der Waals surface area (Å²) in [4.78, 5) is 12.0. The molecule has 0 spiro atoms. The van der Waals surface area contributed by atoms with Crippen molar-refractivity contribution in [2.24, 2.45) is 7.05 Å². The first-order valence-electron chi connectivity index (χ1n) is 5.51. The van der Waals surface area contributed by atoms with Crippen LogP contribution in [0.5, 0.6) is 0 Å². The number of hydrogen-bond acceptors (Lipinski definition) is 4. The molecule has 1 aliphatic rings. The number of ether oxygens (including phenoxy) is 1. The highest BCUT2D eigenvalue weighted by atomic mass is 16.5. The molecule has 88 valence electrons. The molecule has 1 N–H and O–H groups in total. The Morgan fingerprint density at radius 3 is 3.12 bits per heavy atom. The highest BCUT2D eigenvalue weighted by Crippen LogP contribution is 2.10. The molecule has 1 atom stereocenters. The summed E-state index contributed by atoms with van der Waals surface area (Å²) in [5.74, 6) is 0.133. The number of ketones is 1. The highest BCUT2D eigenvalue weighted by Gasteiger charge is 2.20. The Morgan fingerprint density at radius 2 is 2.56 bits per heavy atom. The maximum atomic E-state index is 12.0. The lowest BCUT2D eigenvalue weighted by Gasteiger charge is -2.22. The van der Waals surface area contributed by atoms with Gasteiger partial charge < -0.3 is 10.1 Å². The van der Waals surface area contributed by atoms with Crippen LogP contribution in [0.1, 0.15) is 22.5 Å². The van der Waals surface area contributed by atoms with Crippen molar-refractivity contribution in [3.05, 3.63) is 17.5 Å². The molecule has 2 heterocycles. The number of carbonyl (C=O) groups is 1. The van der Waals surface area contributed by atoms with E-state index in [4.69, 9.17) is 4.74 Å². The fourth-order valence-corrected chi connectivity index (χ4v) is 1.96. The molecule has 0 radical (unpaired) electrons. The fraction of sp³-hybridized carbons (Fsp3) is 0.636. The molecule has 1 fully saturated rings. The van der Waals surface area contributed by atoms with E-state index in [0.717, 1.165) is 24.4 Å². The number of aryl methyl sites for hydroxylation is 2. The maximum Gasteiger partial charge on any atom is 0.167 e. The smallest absolute Gasteiger partial charge is 0.167 e. The Balaban J connectivity index is 1.99. The number of nitrogens with one attached hydrogen (secondary N) is 1. The van der Waals surface area contributed by atoms with Gasteiger partial charge >= 0.3 is 0 Å². The molecule has 0 saturated carbocycles. The zero-order valence-electron chi connectivity index (χ0n) is 9.69. The van der Waals surface area contributed by atoms with Gasteiger partial charge in [-0.25, -0.2) is 0 Å². The van der Waals surface area contributed by atoms with Crippen molar-refractivity contribution in [1.29, 1.82) is 0 Å². The monoisotopic (exact) mass is 223 g/mol. The van der Waals surface area contributed by atoms with E-state index in [1.54, 1.807) is 10.9 Å². The molecule has 5 heteroatoms. The molecule has 1 saturated heterocycles. The van der Waals surface area contributed by atoms with Gasteiger partial charge in [-0.3, -0.25) is 9.48 Å². The van der Waals surface area contributed by atoms with E-state index in [9.17, 15) is 4.79 Å². The third kappa shape index (κ3) is 2.48. The molecule has 5 nitrogen and oxygen atoms in total. The summed E-state index contributed by atoms with van der Waals surface area (Å²) >= 11 is 0. The highest BCUT2D eigenvalue weighted by molar-refractivity contribution is 5.97. The van der Waals surface area contributed by atoms with Gasteiger partial charge in [-0.1, -0.05) is 0 Å². The second kappa shape index (κ2) is 4.76. The molecular formula is C11H17N3O2. The molecule has 2 rings (SSSR count). The third-order valence-corrected chi connectivity index (χ3v) is 2.74. The van der Waals surface area contributed by atoms with Crippen molar-refractivity contribution in [3.8, 4) is 0 Å². The van der Waals surface area contributed by atoms with E-state index in [2.05, 4.69) is 10.4 Å². The minimum absolute atomic E-state index is 0.133. The zero-order chi connectivity index (χ0) is 11.5. The fourth-order valence-electron chi connectivity index (χ4n) is 1.96. The van der Waals surface area contributed by atoms with Crippen LogP contribution in [0.15, 0.2) is 6.20 Å². The van der Waals surface area contributed by atoms with Crippen molar-refractivity contribution < 1.29 is 9.53 Å². The van der Waals surface area contributed by atoms with Gasteiger partial charge in [-0.05, 0) is 6.92 Å². The minimum atomic E-state index is 0.133. The SMILES string of the molecule is Cc1nn(C)cc1C(=O)CC1COCCN1. The Labute approximate surface area is 94.8 Å². The largest absolute Gasteiger partial charge is 0.378 e. The third-order valence-electron chi connectivity index (χ3n) is 2.74. The molecule has 0 aromatic carbocycles. The van der Waals surface area contributed by atoms with Crippen LogP contribution >= 0.6 is 0 Å².